The van der Waals surface area contributed by atoms with Gasteiger partial charge in [0.1, 0.15) is 11.8 Å². The summed E-state index contributed by atoms with van der Waals surface area (Å²) in [5.41, 5.74) is -1.11. The van der Waals surface area contributed by atoms with Crippen LogP contribution < -0.4 is 10.1 Å². The van der Waals surface area contributed by atoms with Crippen molar-refractivity contribution in [3.8, 4) is 5.75 Å². The molecule has 1 aliphatic rings. The molecular formula is C26H40N2O6. The fourth-order valence-electron chi connectivity index (χ4n) is 4.57. The number of ether oxygens (including phenoxy) is 1. The molecule has 0 aliphatic carbocycles. The average molecular weight is 477 g/mol. The first-order valence-corrected chi connectivity index (χ1v) is 12.1. The van der Waals surface area contributed by atoms with Gasteiger partial charge in [-0.15, -0.1) is 0 Å². The van der Waals surface area contributed by atoms with Crippen LogP contribution in [0.4, 0.5) is 0 Å². The predicted molar refractivity (Wildman–Crippen MR) is 130 cm³/mol. The molecule has 4 atom stereocenters. The fourth-order valence-corrected chi connectivity index (χ4v) is 4.57. The van der Waals surface area contributed by atoms with E-state index in [4.69, 9.17) is 4.74 Å². The molecular weight excluding hydrogens is 436 g/mol. The Labute approximate surface area is 202 Å². The molecule has 190 valence electrons. The minimum Gasteiger partial charge on any atom is -0.480 e. The first-order chi connectivity index (χ1) is 15.8. The topological polar surface area (TPSA) is 116 Å². The Hall–Kier alpha value is -2.45. The highest BCUT2D eigenvalue weighted by Crippen LogP contribution is 2.38. The normalized spacial score (nSPS) is 22.8. The van der Waals surface area contributed by atoms with Crippen molar-refractivity contribution in [1.29, 1.82) is 0 Å². The molecule has 1 aliphatic heterocycles. The second-order valence-corrected chi connectivity index (χ2v) is 10.2. The van der Waals surface area contributed by atoms with E-state index >= 15 is 0 Å². The summed E-state index contributed by atoms with van der Waals surface area (Å²) >= 11 is 0. The summed E-state index contributed by atoms with van der Waals surface area (Å²) in [5.74, 6) is -4.15. The number of likely N-dealkylation sites (tertiary alicyclic amines) is 1. The molecule has 2 rings (SSSR count). The van der Waals surface area contributed by atoms with Gasteiger partial charge in [-0.3, -0.25) is 4.79 Å². The maximum absolute atomic E-state index is 12.9. The molecule has 0 spiro atoms. The van der Waals surface area contributed by atoms with Crippen LogP contribution in [0.3, 0.4) is 0 Å². The number of aliphatic carboxylic acids is 1. The zero-order valence-electron chi connectivity index (χ0n) is 21.3. The number of carboxylic acids is 1. The Kier molecular flexibility index (Phi) is 9.25. The van der Waals surface area contributed by atoms with E-state index in [1.54, 1.807) is 19.9 Å². The average Bonchev–Trinajstić information content (AvgIpc) is 2.98. The third kappa shape index (κ3) is 6.36. The first kappa shape index (κ1) is 27.8. The molecule has 1 aromatic carbocycles. The van der Waals surface area contributed by atoms with Crippen molar-refractivity contribution in [3.63, 3.8) is 0 Å². The van der Waals surface area contributed by atoms with Crippen molar-refractivity contribution in [3.05, 3.63) is 29.8 Å². The summed E-state index contributed by atoms with van der Waals surface area (Å²) in [4.78, 5) is 39.3. The van der Waals surface area contributed by atoms with E-state index in [-0.39, 0.29) is 11.3 Å². The van der Waals surface area contributed by atoms with Gasteiger partial charge in [-0.2, -0.15) is 0 Å². The van der Waals surface area contributed by atoms with Crippen LogP contribution in [0.25, 0.3) is 0 Å². The summed E-state index contributed by atoms with van der Waals surface area (Å²) in [6, 6.07) is 6.27. The largest absolute Gasteiger partial charge is 0.480 e. The molecule has 8 nitrogen and oxygen atoms in total. The molecule has 1 amide bonds. The number of carbonyl (C=O) groups excluding carboxylic acids is 2. The quantitative estimate of drug-likeness (QED) is 0.371. The van der Waals surface area contributed by atoms with Crippen LogP contribution in [-0.2, 0) is 19.8 Å². The van der Waals surface area contributed by atoms with Gasteiger partial charge < -0.3 is 25.2 Å². The standard InChI is InChI=1S/C26H40N2O6/c1-7-26(13-8-9-14-28(6)16-26)19-11-10-12-20(15-19)34-24(32)25(5,33)18(4)22(29)27-21(17(2)3)23(30)31/h10-12,15,17-18,21,33H,7-9,13-14,16H2,1-6H3,(H,27,29)(H,30,31)/t18-,21+,25-,26?/m1/s1. The molecule has 0 aromatic heterocycles. The van der Waals surface area contributed by atoms with Crippen LogP contribution in [0.5, 0.6) is 5.75 Å². The van der Waals surface area contributed by atoms with Gasteiger partial charge in [-0.25, -0.2) is 9.59 Å². The molecule has 0 radical (unpaired) electrons. The summed E-state index contributed by atoms with van der Waals surface area (Å²) in [5, 5.41) is 22.6. The fraction of sp³-hybridized carbons (Fsp3) is 0.654. The van der Waals surface area contributed by atoms with Crippen molar-refractivity contribution in [2.24, 2.45) is 11.8 Å². The van der Waals surface area contributed by atoms with E-state index in [1.165, 1.54) is 13.8 Å². The van der Waals surface area contributed by atoms with E-state index in [0.29, 0.717) is 5.75 Å². The van der Waals surface area contributed by atoms with Crippen molar-refractivity contribution in [1.82, 2.24) is 10.2 Å². The molecule has 8 heteroatoms. The predicted octanol–water partition coefficient (Wildman–Crippen LogP) is 2.97. The molecule has 0 bridgehead atoms. The first-order valence-electron chi connectivity index (χ1n) is 12.1. The number of hydrogen-bond donors (Lipinski definition) is 3. The minimum atomic E-state index is -2.15. The Morgan fingerprint density at radius 1 is 1.24 bits per heavy atom. The van der Waals surface area contributed by atoms with Crippen molar-refractivity contribution >= 4 is 17.8 Å². The number of benzene rings is 1. The number of carboxylic acid groups (broad SMARTS) is 1. The smallest absolute Gasteiger partial charge is 0.344 e. The van der Waals surface area contributed by atoms with E-state index in [9.17, 15) is 24.6 Å². The third-order valence-corrected chi connectivity index (χ3v) is 7.23. The Morgan fingerprint density at radius 3 is 2.50 bits per heavy atom. The molecule has 1 saturated heterocycles. The van der Waals surface area contributed by atoms with Crippen LogP contribution >= 0.6 is 0 Å². The number of hydrogen-bond acceptors (Lipinski definition) is 6. The summed E-state index contributed by atoms with van der Waals surface area (Å²) < 4.78 is 5.53. The van der Waals surface area contributed by atoms with Gasteiger partial charge >= 0.3 is 11.9 Å². The molecule has 1 unspecified atom stereocenters. The minimum absolute atomic E-state index is 0.0496. The molecule has 1 aromatic rings. The highest BCUT2D eigenvalue weighted by molar-refractivity contribution is 5.92. The summed E-state index contributed by atoms with van der Waals surface area (Å²) in [6.45, 7) is 10.1. The second kappa shape index (κ2) is 11.3. The number of aliphatic hydroxyl groups is 1. The maximum Gasteiger partial charge on any atom is 0.344 e. The lowest BCUT2D eigenvalue weighted by atomic mass is 9.74. The van der Waals surface area contributed by atoms with Gasteiger partial charge in [-0.1, -0.05) is 46.2 Å². The number of rotatable bonds is 9. The van der Waals surface area contributed by atoms with Gasteiger partial charge in [0.2, 0.25) is 5.91 Å². The van der Waals surface area contributed by atoms with Gasteiger partial charge in [0, 0.05) is 12.0 Å². The summed E-state index contributed by atoms with van der Waals surface area (Å²) in [6.07, 6.45) is 4.26. The highest BCUT2D eigenvalue weighted by Gasteiger charge is 2.44. The number of esters is 1. The highest BCUT2D eigenvalue weighted by atomic mass is 16.6. The van der Waals surface area contributed by atoms with Crippen LogP contribution in [0, 0.1) is 11.8 Å². The Morgan fingerprint density at radius 2 is 1.91 bits per heavy atom. The Balaban J connectivity index is 2.19. The number of nitrogens with zero attached hydrogens (tertiary/aromatic N) is 1. The lowest BCUT2D eigenvalue weighted by Gasteiger charge is -2.35. The van der Waals surface area contributed by atoms with Gasteiger partial charge in [0.25, 0.3) is 0 Å². The van der Waals surface area contributed by atoms with Gasteiger partial charge in [-0.05, 0) is 63.4 Å². The van der Waals surface area contributed by atoms with Crippen molar-refractivity contribution < 1.29 is 29.3 Å². The Bertz CT molecular complexity index is 884. The zero-order valence-corrected chi connectivity index (χ0v) is 21.3. The van der Waals surface area contributed by atoms with E-state index in [1.807, 2.05) is 18.2 Å². The number of likely N-dealkylation sites (N-methyl/N-ethyl adjacent to an activating group) is 1. The summed E-state index contributed by atoms with van der Waals surface area (Å²) in [7, 11) is 2.12. The molecule has 3 N–H and O–H groups in total. The van der Waals surface area contributed by atoms with E-state index in [0.717, 1.165) is 44.3 Å². The van der Waals surface area contributed by atoms with E-state index < -0.39 is 35.4 Å². The molecule has 1 heterocycles. The van der Waals surface area contributed by atoms with E-state index in [2.05, 4.69) is 24.2 Å². The monoisotopic (exact) mass is 476 g/mol. The van der Waals surface area contributed by atoms with Gasteiger partial charge in [0.05, 0.1) is 5.92 Å². The van der Waals surface area contributed by atoms with Gasteiger partial charge in [0.15, 0.2) is 5.60 Å². The maximum atomic E-state index is 12.9. The SMILES string of the molecule is CCC1(c2cccc(OC(=O)[C@](C)(O)[C@H](C)C(=O)N[C@H](C(=O)O)C(C)C)c2)CCCCN(C)C1. The van der Waals surface area contributed by atoms with Crippen LogP contribution in [0.1, 0.15) is 65.9 Å². The lowest BCUT2D eigenvalue weighted by Crippen LogP contribution is -2.54. The van der Waals surface area contributed by atoms with Crippen molar-refractivity contribution in [2.45, 2.75) is 77.4 Å². The molecule has 34 heavy (non-hydrogen) atoms. The number of amides is 1. The lowest BCUT2D eigenvalue weighted by molar-refractivity contribution is -0.163. The van der Waals surface area contributed by atoms with Crippen LogP contribution in [-0.4, -0.2) is 64.7 Å². The number of carbonyl (C=O) groups is 3. The zero-order chi connectivity index (χ0) is 25.7. The van der Waals surface area contributed by atoms with Crippen molar-refractivity contribution in [2.75, 3.05) is 20.1 Å². The number of nitrogens with one attached hydrogen (secondary N) is 1. The van der Waals surface area contributed by atoms with Crippen LogP contribution in [0.2, 0.25) is 0 Å². The molecule has 1 fully saturated rings. The third-order valence-electron chi connectivity index (χ3n) is 7.23. The molecule has 0 saturated carbocycles. The second-order valence-electron chi connectivity index (χ2n) is 10.2. The van der Waals surface area contributed by atoms with Crippen LogP contribution in [0.15, 0.2) is 24.3 Å².